The lowest BCUT2D eigenvalue weighted by molar-refractivity contribution is -0.126. The Labute approximate surface area is 134 Å². The molecule has 0 bridgehead atoms. The SMILES string of the molecule is Cn1c(C(=O)N2CCCC(C(=O)NCC3CC3)C2)cnc1Cl. The van der Waals surface area contributed by atoms with E-state index in [0.29, 0.717) is 30.0 Å². The maximum Gasteiger partial charge on any atom is 0.272 e. The molecule has 7 heteroatoms. The van der Waals surface area contributed by atoms with E-state index in [1.54, 1.807) is 16.5 Å². The summed E-state index contributed by atoms with van der Waals surface area (Å²) >= 11 is 5.89. The van der Waals surface area contributed by atoms with Crippen molar-refractivity contribution in [2.24, 2.45) is 18.9 Å². The van der Waals surface area contributed by atoms with Crippen LogP contribution >= 0.6 is 11.6 Å². The first-order chi connectivity index (χ1) is 10.6. The second kappa shape index (κ2) is 6.28. The normalized spacial score (nSPS) is 21.7. The number of carbonyl (C=O) groups is 2. The lowest BCUT2D eigenvalue weighted by Gasteiger charge is -2.32. The Balaban J connectivity index is 1.60. The Morgan fingerprint density at radius 3 is 2.82 bits per heavy atom. The Hall–Kier alpha value is -1.56. The van der Waals surface area contributed by atoms with Crippen LogP contribution in [0.2, 0.25) is 5.28 Å². The van der Waals surface area contributed by atoms with Crippen molar-refractivity contribution in [3.8, 4) is 0 Å². The molecule has 2 amide bonds. The quantitative estimate of drug-likeness (QED) is 0.911. The molecule has 120 valence electrons. The molecule has 2 heterocycles. The van der Waals surface area contributed by atoms with E-state index in [4.69, 9.17) is 11.6 Å². The van der Waals surface area contributed by atoms with Gasteiger partial charge in [0.05, 0.1) is 12.1 Å². The van der Waals surface area contributed by atoms with Crippen LogP contribution in [0.5, 0.6) is 0 Å². The molecule has 1 aromatic rings. The number of hydrogen-bond acceptors (Lipinski definition) is 3. The largest absolute Gasteiger partial charge is 0.356 e. The van der Waals surface area contributed by atoms with E-state index in [0.717, 1.165) is 19.4 Å². The molecular weight excluding hydrogens is 304 g/mol. The number of carbonyl (C=O) groups excluding carboxylic acids is 2. The zero-order valence-electron chi connectivity index (χ0n) is 12.7. The molecule has 22 heavy (non-hydrogen) atoms. The summed E-state index contributed by atoms with van der Waals surface area (Å²) in [6.45, 7) is 1.92. The third kappa shape index (κ3) is 3.27. The molecule has 0 spiro atoms. The van der Waals surface area contributed by atoms with Gasteiger partial charge in [0.25, 0.3) is 5.91 Å². The van der Waals surface area contributed by atoms with E-state index >= 15 is 0 Å². The summed E-state index contributed by atoms with van der Waals surface area (Å²) in [5.41, 5.74) is 0.462. The first-order valence-electron chi connectivity index (χ1n) is 7.80. The maximum atomic E-state index is 12.6. The maximum absolute atomic E-state index is 12.6. The van der Waals surface area contributed by atoms with Crippen LogP contribution in [0.25, 0.3) is 0 Å². The highest BCUT2D eigenvalue weighted by Crippen LogP contribution is 2.28. The molecule has 2 aliphatic rings. The Bertz CT molecular complexity index is 582. The third-order valence-electron chi connectivity index (χ3n) is 4.49. The zero-order chi connectivity index (χ0) is 15.7. The molecule has 1 N–H and O–H groups in total. The van der Waals surface area contributed by atoms with Crippen molar-refractivity contribution in [2.45, 2.75) is 25.7 Å². The fourth-order valence-electron chi connectivity index (χ4n) is 2.83. The first kappa shape index (κ1) is 15.3. The molecule has 1 aliphatic heterocycles. The van der Waals surface area contributed by atoms with Crippen molar-refractivity contribution in [1.29, 1.82) is 0 Å². The number of nitrogens with one attached hydrogen (secondary N) is 1. The predicted molar refractivity (Wildman–Crippen MR) is 82.6 cm³/mol. The van der Waals surface area contributed by atoms with Crippen molar-refractivity contribution in [2.75, 3.05) is 19.6 Å². The number of imidazole rings is 1. The van der Waals surface area contributed by atoms with Crippen LogP contribution < -0.4 is 5.32 Å². The lowest BCUT2D eigenvalue weighted by Crippen LogP contribution is -2.46. The third-order valence-corrected chi connectivity index (χ3v) is 4.84. The number of likely N-dealkylation sites (tertiary alicyclic amines) is 1. The molecule has 1 saturated carbocycles. The van der Waals surface area contributed by atoms with Gasteiger partial charge in [0.15, 0.2) is 0 Å². The number of hydrogen-bond donors (Lipinski definition) is 1. The van der Waals surface area contributed by atoms with E-state index in [2.05, 4.69) is 10.3 Å². The van der Waals surface area contributed by atoms with Gasteiger partial charge in [-0.3, -0.25) is 9.59 Å². The number of amides is 2. The number of piperidine rings is 1. The molecule has 2 fully saturated rings. The van der Waals surface area contributed by atoms with Crippen LogP contribution in [-0.4, -0.2) is 45.9 Å². The number of rotatable bonds is 4. The average Bonchev–Trinajstić information content (AvgIpc) is 3.31. The van der Waals surface area contributed by atoms with Gasteiger partial charge in [0.1, 0.15) is 5.69 Å². The van der Waals surface area contributed by atoms with Gasteiger partial charge < -0.3 is 14.8 Å². The van der Waals surface area contributed by atoms with E-state index < -0.39 is 0 Å². The minimum absolute atomic E-state index is 0.0763. The van der Waals surface area contributed by atoms with E-state index in [1.165, 1.54) is 19.0 Å². The molecule has 6 nitrogen and oxygen atoms in total. The molecule has 1 atom stereocenters. The standard InChI is InChI=1S/C15H21ClN4O2/c1-19-12(8-18-15(19)16)14(22)20-6-2-3-11(9-20)13(21)17-7-10-4-5-10/h8,10-11H,2-7,9H2,1H3,(H,17,21). The topological polar surface area (TPSA) is 67.2 Å². The monoisotopic (exact) mass is 324 g/mol. The summed E-state index contributed by atoms with van der Waals surface area (Å²) in [5.74, 6) is 0.524. The van der Waals surface area contributed by atoms with E-state index in [1.807, 2.05) is 0 Å². The minimum atomic E-state index is -0.111. The van der Waals surface area contributed by atoms with Crippen LogP contribution in [-0.2, 0) is 11.8 Å². The molecular formula is C15H21ClN4O2. The molecule has 3 rings (SSSR count). The summed E-state index contributed by atoms with van der Waals surface area (Å²) in [6, 6.07) is 0. The second-order valence-electron chi connectivity index (χ2n) is 6.25. The summed E-state index contributed by atoms with van der Waals surface area (Å²) in [4.78, 5) is 30.4. The van der Waals surface area contributed by atoms with Gasteiger partial charge in [-0.25, -0.2) is 4.98 Å². The van der Waals surface area contributed by atoms with Crippen LogP contribution in [0, 0.1) is 11.8 Å². The lowest BCUT2D eigenvalue weighted by atomic mass is 9.97. The van der Waals surface area contributed by atoms with E-state index in [9.17, 15) is 9.59 Å². The zero-order valence-corrected chi connectivity index (χ0v) is 13.5. The van der Waals surface area contributed by atoms with Crippen LogP contribution in [0.4, 0.5) is 0 Å². The fourth-order valence-corrected chi connectivity index (χ4v) is 2.97. The van der Waals surface area contributed by atoms with Crippen LogP contribution in [0.3, 0.4) is 0 Å². The molecule has 1 aromatic heterocycles. The van der Waals surface area contributed by atoms with Gasteiger partial charge in [-0.1, -0.05) is 0 Å². The van der Waals surface area contributed by atoms with Crippen molar-refractivity contribution in [3.63, 3.8) is 0 Å². The van der Waals surface area contributed by atoms with Gasteiger partial charge in [-0.05, 0) is 43.2 Å². The van der Waals surface area contributed by atoms with E-state index in [-0.39, 0.29) is 17.7 Å². The number of nitrogens with zero attached hydrogens (tertiary/aromatic N) is 3. The van der Waals surface area contributed by atoms with Crippen molar-refractivity contribution < 1.29 is 9.59 Å². The van der Waals surface area contributed by atoms with Gasteiger partial charge in [0.2, 0.25) is 11.2 Å². The smallest absolute Gasteiger partial charge is 0.272 e. The average molecular weight is 325 g/mol. The fraction of sp³-hybridized carbons (Fsp3) is 0.667. The predicted octanol–water partition coefficient (Wildman–Crippen LogP) is 1.45. The van der Waals surface area contributed by atoms with Crippen molar-refractivity contribution >= 4 is 23.4 Å². The highest BCUT2D eigenvalue weighted by atomic mass is 35.5. The first-order valence-corrected chi connectivity index (χ1v) is 8.18. The number of halogens is 1. The summed E-state index contributed by atoms with van der Waals surface area (Å²) < 4.78 is 1.57. The summed E-state index contributed by atoms with van der Waals surface area (Å²) in [5, 5.41) is 3.30. The van der Waals surface area contributed by atoms with Crippen LogP contribution in [0.15, 0.2) is 6.20 Å². The van der Waals surface area contributed by atoms with Gasteiger partial charge in [-0.15, -0.1) is 0 Å². The molecule has 0 aromatic carbocycles. The molecule has 1 unspecified atom stereocenters. The molecule has 1 aliphatic carbocycles. The summed E-state index contributed by atoms with van der Waals surface area (Å²) in [6.07, 6.45) is 5.61. The Morgan fingerprint density at radius 1 is 1.41 bits per heavy atom. The highest BCUT2D eigenvalue weighted by molar-refractivity contribution is 6.28. The Kier molecular flexibility index (Phi) is 4.38. The Morgan fingerprint density at radius 2 is 2.18 bits per heavy atom. The van der Waals surface area contributed by atoms with Crippen molar-refractivity contribution in [1.82, 2.24) is 19.8 Å². The van der Waals surface area contributed by atoms with Gasteiger partial charge >= 0.3 is 0 Å². The van der Waals surface area contributed by atoms with Crippen molar-refractivity contribution in [3.05, 3.63) is 17.2 Å². The second-order valence-corrected chi connectivity index (χ2v) is 6.59. The van der Waals surface area contributed by atoms with Gasteiger partial charge in [0, 0.05) is 26.7 Å². The van der Waals surface area contributed by atoms with Crippen LogP contribution in [0.1, 0.15) is 36.2 Å². The summed E-state index contributed by atoms with van der Waals surface area (Å²) in [7, 11) is 1.71. The molecule has 1 saturated heterocycles. The van der Waals surface area contributed by atoms with Gasteiger partial charge in [-0.2, -0.15) is 0 Å². The molecule has 0 radical (unpaired) electrons. The number of aromatic nitrogens is 2. The minimum Gasteiger partial charge on any atom is -0.356 e. The highest BCUT2D eigenvalue weighted by Gasteiger charge is 2.31.